The van der Waals surface area contributed by atoms with E-state index < -0.39 is 0 Å². The molecule has 10 heavy (non-hydrogen) atoms. The van der Waals surface area contributed by atoms with Crippen molar-refractivity contribution in [1.29, 1.82) is 0 Å². The van der Waals surface area contributed by atoms with Gasteiger partial charge in [-0.25, -0.2) is 12.2 Å². The Bertz CT molecular complexity index is 70.0. The van der Waals surface area contributed by atoms with Gasteiger partial charge in [0.25, 0.3) is 0 Å². The van der Waals surface area contributed by atoms with Gasteiger partial charge in [-0.1, -0.05) is 6.92 Å². The predicted octanol–water partition coefficient (Wildman–Crippen LogP) is 1.18. The van der Waals surface area contributed by atoms with E-state index in [1.807, 2.05) is 26.6 Å². The second kappa shape index (κ2) is 78.4. The molecule has 0 saturated heterocycles. The fraction of sp³-hybridized carbons (Fsp3) is 0.143. The Morgan fingerprint density at radius 2 is 1.50 bits per heavy atom. The van der Waals surface area contributed by atoms with E-state index in [1.54, 1.807) is 6.08 Å². The van der Waals surface area contributed by atoms with Crippen LogP contribution >= 0.6 is 0 Å². The summed E-state index contributed by atoms with van der Waals surface area (Å²) < 4.78 is 0. The number of allylic oxidation sites excluding steroid dienone is 3. The maximum absolute atomic E-state index is 8.00. The van der Waals surface area contributed by atoms with Crippen molar-refractivity contribution < 1.29 is 29.1 Å². The minimum absolute atomic E-state index is 0. The first-order valence-electron chi connectivity index (χ1n) is 2.15. The van der Waals surface area contributed by atoms with E-state index in [0.29, 0.717) is 0 Å². The minimum atomic E-state index is 0. The first-order valence-corrected chi connectivity index (χ1v) is 2.15. The van der Waals surface area contributed by atoms with Crippen LogP contribution in [0, 0.1) is 6.58 Å². The van der Waals surface area contributed by atoms with E-state index >= 15 is 0 Å². The summed E-state index contributed by atoms with van der Waals surface area (Å²) in [5.41, 5.74) is 0. The van der Waals surface area contributed by atoms with E-state index in [4.69, 9.17) is 16.2 Å². The molecule has 0 amide bonds. The van der Waals surface area contributed by atoms with Gasteiger partial charge >= 0.3 is 19.5 Å². The summed E-state index contributed by atoms with van der Waals surface area (Å²) in [6.45, 7) is 10.8. The molecule has 0 aromatic rings. The fourth-order valence-electron chi connectivity index (χ4n) is 0.111. The second-order valence-electron chi connectivity index (χ2n) is 0.718. The molecule has 0 aliphatic heterocycles. The number of carbonyl (C=O) groups excluding carboxylic acids is 2. The van der Waals surface area contributed by atoms with Crippen LogP contribution in [0.2, 0.25) is 0 Å². The Balaban J connectivity index is -0.0000000315. The number of carbonyl (C=O) groups is 2. The largest absolute Gasteiger partial charge is 1.00 e. The summed E-state index contributed by atoms with van der Waals surface area (Å²) in [4.78, 5) is 16.0. The zero-order valence-electron chi connectivity index (χ0n) is 5.89. The average Bonchev–Trinajstić information content (AvgIpc) is 1.98. The molecule has 0 unspecified atom stereocenters. The first kappa shape index (κ1) is 22.7. The maximum Gasteiger partial charge on any atom is 1.00 e. The van der Waals surface area contributed by atoms with Crippen LogP contribution in [0.5, 0.6) is 0 Å². The third kappa shape index (κ3) is 148. The van der Waals surface area contributed by atoms with E-state index in [1.165, 1.54) is 6.08 Å². The molecule has 0 aliphatic rings. The van der Waals surface area contributed by atoms with Crippen LogP contribution < -0.4 is 0 Å². The summed E-state index contributed by atoms with van der Waals surface area (Å²) >= 11 is 0. The van der Waals surface area contributed by atoms with E-state index in [2.05, 4.69) is 0 Å². The molecular formula is C7H11O2Ru. The van der Waals surface area contributed by atoms with Gasteiger partial charge in [0.15, 0.2) is 0 Å². The predicted molar refractivity (Wildman–Crippen MR) is 37.9 cm³/mol. The Labute approximate surface area is 74.8 Å². The minimum Gasteiger partial charge on any atom is -0.307 e. The van der Waals surface area contributed by atoms with Crippen LogP contribution in [0.25, 0.3) is 0 Å². The van der Waals surface area contributed by atoms with Crippen molar-refractivity contribution in [3.8, 4) is 0 Å². The zero-order chi connectivity index (χ0) is 8.12. The molecule has 0 fully saturated rings. The molecule has 0 bridgehead atoms. The zero-order valence-corrected chi connectivity index (χ0v) is 7.63. The van der Waals surface area contributed by atoms with Gasteiger partial charge in [-0.15, -0.1) is 0 Å². The van der Waals surface area contributed by atoms with Gasteiger partial charge in [0.1, 0.15) is 13.6 Å². The van der Waals surface area contributed by atoms with Crippen LogP contribution in [-0.4, -0.2) is 13.6 Å². The van der Waals surface area contributed by atoms with Crippen molar-refractivity contribution in [3.05, 3.63) is 24.8 Å². The van der Waals surface area contributed by atoms with Crippen molar-refractivity contribution in [2.45, 2.75) is 6.92 Å². The maximum atomic E-state index is 8.00. The van der Waals surface area contributed by atoms with Gasteiger partial charge in [0.05, 0.1) is 0 Å². The van der Waals surface area contributed by atoms with Gasteiger partial charge in [-0.2, -0.15) is 6.08 Å². The van der Waals surface area contributed by atoms with Gasteiger partial charge in [0, 0.05) is 0 Å². The topological polar surface area (TPSA) is 34.1 Å². The molecular weight excluding hydrogens is 217 g/mol. The van der Waals surface area contributed by atoms with Crippen LogP contribution in [0.3, 0.4) is 0 Å². The Hall–Kier alpha value is -0.557. The number of hydrogen-bond donors (Lipinski definition) is 0. The van der Waals surface area contributed by atoms with Gasteiger partial charge in [-0.3, -0.25) is 6.58 Å². The van der Waals surface area contributed by atoms with Crippen molar-refractivity contribution in [3.63, 3.8) is 0 Å². The van der Waals surface area contributed by atoms with Crippen molar-refractivity contribution in [2.24, 2.45) is 0 Å². The van der Waals surface area contributed by atoms with E-state index in [-0.39, 0.29) is 19.5 Å². The molecule has 0 aromatic heterocycles. The number of hydrogen-bond acceptors (Lipinski definition) is 2. The molecule has 2 nitrogen and oxygen atoms in total. The second-order valence-corrected chi connectivity index (χ2v) is 0.718. The Morgan fingerprint density at radius 3 is 1.50 bits per heavy atom. The van der Waals surface area contributed by atoms with Crippen molar-refractivity contribution in [2.75, 3.05) is 0 Å². The summed E-state index contributed by atoms with van der Waals surface area (Å²) in [7, 11) is 0. The Kier molecular flexibility index (Phi) is 178. The van der Waals surface area contributed by atoms with Gasteiger partial charge in [0.2, 0.25) is 0 Å². The molecule has 0 saturated carbocycles. The molecule has 0 spiro atoms. The van der Waals surface area contributed by atoms with Crippen LogP contribution in [-0.2, 0) is 29.1 Å². The molecule has 0 rings (SSSR count). The third-order valence-corrected chi connectivity index (χ3v) is 0.304. The normalized spacial score (nSPS) is 5.30. The summed E-state index contributed by atoms with van der Waals surface area (Å²) in [6.07, 6.45) is 5.15. The van der Waals surface area contributed by atoms with E-state index in [0.717, 1.165) is 0 Å². The molecule has 0 aliphatic carbocycles. The first-order chi connectivity index (χ1) is 4.41. The van der Waals surface area contributed by atoms with Crippen molar-refractivity contribution in [1.82, 2.24) is 0 Å². The molecule has 0 heterocycles. The number of rotatable bonds is 1. The fourth-order valence-corrected chi connectivity index (χ4v) is 0.111. The SMILES string of the molecule is C=O.C=O.[CH-]=CC=CC.[Ru+]. The monoisotopic (exact) mass is 229 g/mol. The molecule has 0 atom stereocenters. The smallest absolute Gasteiger partial charge is 0.307 e. The third-order valence-electron chi connectivity index (χ3n) is 0.304. The quantitative estimate of drug-likeness (QED) is 0.383. The summed E-state index contributed by atoms with van der Waals surface area (Å²) in [6, 6.07) is 0. The molecule has 0 aromatic carbocycles. The van der Waals surface area contributed by atoms with Crippen molar-refractivity contribution >= 4 is 13.6 Å². The van der Waals surface area contributed by atoms with E-state index in [9.17, 15) is 0 Å². The molecule has 59 valence electrons. The van der Waals surface area contributed by atoms with Crippen LogP contribution in [0.4, 0.5) is 0 Å². The summed E-state index contributed by atoms with van der Waals surface area (Å²) in [5.74, 6) is 0. The van der Waals surface area contributed by atoms with Gasteiger partial charge < -0.3 is 9.59 Å². The standard InChI is InChI=1S/C5H7.2CH2O.Ru/c1-3-5-4-2;2*1-2;/h1,3-5H,2H3;2*1H2;/q-1;;;+1. The van der Waals surface area contributed by atoms with Gasteiger partial charge in [-0.05, 0) is 0 Å². The molecule has 3 heteroatoms. The average molecular weight is 228 g/mol. The van der Waals surface area contributed by atoms with Crippen LogP contribution in [0.1, 0.15) is 6.92 Å². The summed E-state index contributed by atoms with van der Waals surface area (Å²) in [5, 5.41) is 0. The Morgan fingerprint density at radius 1 is 1.20 bits per heavy atom. The van der Waals surface area contributed by atoms with Crippen LogP contribution in [0.15, 0.2) is 18.2 Å². The molecule has 0 N–H and O–H groups in total. The molecule has 1 radical (unpaired) electrons.